The van der Waals surface area contributed by atoms with E-state index in [1.165, 1.54) is 0 Å². The molecule has 0 spiro atoms. The first kappa shape index (κ1) is 18.4. The third-order valence-electron chi connectivity index (χ3n) is 5.68. The van der Waals surface area contributed by atoms with Crippen LogP contribution < -0.4 is 5.32 Å². The monoisotopic (exact) mass is 439 g/mol. The van der Waals surface area contributed by atoms with Crippen LogP contribution in [0.15, 0.2) is 62.0 Å². The fourth-order valence-electron chi connectivity index (χ4n) is 4.48. The van der Waals surface area contributed by atoms with Crippen molar-refractivity contribution >= 4 is 21.7 Å². The fourth-order valence-corrected chi connectivity index (χ4v) is 4.88. The van der Waals surface area contributed by atoms with Gasteiger partial charge in [0.05, 0.1) is 17.5 Å². The molecule has 2 aliphatic heterocycles. The van der Waals surface area contributed by atoms with Crippen molar-refractivity contribution in [3.05, 3.63) is 57.3 Å². The Morgan fingerprint density at radius 2 is 2.11 bits per heavy atom. The largest absolute Gasteiger partial charge is 0.392 e. The smallest absolute Gasteiger partial charge is 0.362 e. The number of carbonyl (C=O) groups excluding carboxylic acids is 1. The molecule has 1 aromatic rings. The van der Waals surface area contributed by atoms with Gasteiger partial charge in [-0.05, 0) is 30.5 Å². The van der Waals surface area contributed by atoms with Gasteiger partial charge in [0.25, 0.3) is 0 Å². The van der Waals surface area contributed by atoms with Gasteiger partial charge in [0.1, 0.15) is 0 Å². The number of rotatable bonds is 2. The molecule has 1 aliphatic carbocycles. The molecular formula is C19H17BrF3N3O. The number of hydrogen-bond acceptors (Lipinski definition) is 4. The Labute approximate surface area is 162 Å². The molecule has 2 heterocycles. The van der Waals surface area contributed by atoms with E-state index in [1.54, 1.807) is 6.20 Å². The number of ketones is 1. The Bertz CT molecular complexity index is 906. The first-order valence-electron chi connectivity index (χ1n) is 8.74. The Balaban J connectivity index is 1.94. The maximum Gasteiger partial charge on any atom is 0.392 e. The van der Waals surface area contributed by atoms with Gasteiger partial charge >= 0.3 is 6.18 Å². The number of hydrogen-bond donors (Lipinski definition) is 1. The molecule has 4 rings (SSSR count). The van der Waals surface area contributed by atoms with Crippen molar-refractivity contribution in [3.63, 3.8) is 0 Å². The highest BCUT2D eigenvalue weighted by atomic mass is 79.9. The standard InChI is InChI=1S/C19H17BrF3N3O/c1-2-18(10-4-3-5-12(20)6-10)13-9-24-26-17(13)25-14-7-11(19(21,22)23)8-15(27)16(14)18/h3-6,9,11,17,25H,2,7-8H2,1H3. The van der Waals surface area contributed by atoms with Crippen molar-refractivity contribution < 1.29 is 18.0 Å². The van der Waals surface area contributed by atoms with Crippen LogP contribution in [0.3, 0.4) is 0 Å². The van der Waals surface area contributed by atoms with Gasteiger partial charge in [-0.1, -0.05) is 35.0 Å². The van der Waals surface area contributed by atoms with E-state index >= 15 is 0 Å². The predicted molar refractivity (Wildman–Crippen MR) is 96.8 cm³/mol. The number of Topliss-reactive ketones (excluding diaryl/α,β-unsaturated/α-hetero) is 1. The molecule has 0 bridgehead atoms. The summed E-state index contributed by atoms with van der Waals surface area (Å²) in [6, 6.07) is 7.56. The van der Waals surface area contributed by atoms with Gasteiger partial charge in [-0.2, -0.15) is 23.4 Å². The molecule has 1 N–H and O–H groups in total. The van der Waals surface area contributed by atoms with Crippen molar-refractivity contribution in [1.82, 2.24) is 5.32 Å². The first-order chi connectivity index (χ1) is 12.8. The molecule has 0 saturated carbocycles. The molecule has 142 valence electrons. The minimum absolute atomic E-state index is 0.236. The van der Waals surface area contributed by atoms with Crippen molar-refractivity contribution in [2.24, 2.45) is 16.1 Å². The topological polar surface area (TPSA) is 53.8 Å². The van der Waals surface area contributed by atoms with Crippen molar-refractivity contribution in [2.75, 3.05) is 0 Å². The second-order valence-corrected chi connectivity index (χ2v) is 7.97. The summed E-state index contributed by atoms with van der Waals surface area (Å²) in [6.07, 6.45) is -3.55. The van der Waals surface area contributed by atoms with Gasteiger partial charge in [-0.3, -0.25) is 4.79 Å². The zero-order chi connectivity index (χ0) is 19.4. The minimum atomic E-state index is -4.41. The highest BCUT2D eigenvalue weighted by Gasteiger charge is 2.54. The average molecular weight is 440 g/mol. The van der Waals surface area contributed by atoms with E-state index in [0.29, 0.717) is 17.7 Å². The van der Waals surface area contributed by atoms with Crippen LogP contribution in [-0.2, 0) is 10.2 Å². The molecule has 1 aromatic carbocycles. The summed E-state index contributed by atoms with van der Waals surface area (Å²) >= 11 is 3.46. The van der Waals surface area contributed by atoms with Crippen LogP contribution in [0, 0.1) is 5.92 Å². The number of halogens is 4. The minimum Gasteiger partial charge on any atom is -0.362 e. The molecule has 0 radical (unpaired) electrons. The molecule has 27 heavy (non-hydrogen) atoms. The fraction of sp³-hybridized carbons (Fsp3) is 0.421. The summed E-state index contributed by atoms with van der Waals surface area (Å²) in [6.45, 7) is 1.94. The van der Waals surface area contributed by atoms with E-state index in [4.69, 9.17) is 0 Å². The number of allylic oxidation sites excluding steroid dienone is 2. The van der Waals surface area contributed by atoms with E-state index in [9.17, 15) is 18.0 Å². The van der Waals surface area contributed by atoms with E-state index < -0.39 is 35.9 Å². The van der Waals surface area contributed by atoms with Crippen LogP contribution in [0.2, 0.25) is 0 Å². The van der Waals surface area contributed by atoms with Gasteiger partial charge in [0.15, 0.2) is 11.9 Å². The van der Waals surface area contributed by atoms with E-state index in [0.717, 1.165) is 15.6 Å². The number of benzene rings is 1. The third kappa shape index (κ3) is 2.76. The first-order valence-corrected chi connectivity index (χ1v) is 9.53. The Morgan fingerprint density at radius 1 is 1.33 bits per heavy atom. The molecule has 3 aliphatic rings. The van der Waals surface area contributed by atoms with Crippen LogP contribution >= 0.6 is 15.9 Å². The normalized spacial score (nSPS) is 30.0. The maximum absolute atomic E-state index is 13.3. The third-order valence-corrected chi connectivity index (χ3v) is 6.17. The molecule has 0 aromatic heterocycles. The molecule has 0 saturated heterocycles. The lowest BCUT2D eigenvalue weighted by Gasteiger charge is -2.46. The number of fused-ring (bicyclic) bond motifs is 1. The van der Waals surface area contributed by atoms with E-state index in [1.807, 2.05) is 31.2 Å². The quantitative estimate of drug-likeness (QED) is 0.690. The molecule has 8 heteroatoms. The number of alkyl halides is 3. The summed E-state index contributed by atoms with van der Waals surface area (Å²) in [7, 11) is 0. The molecular weight excluding hydrogens is 423 g/mol. The van der Waals surface area contributed by atoms with Crippen LogP contribution in [0.5, 0.6) is 0 Å². The summed E-state index contributed by atoms with van der Waals surface area (Å²) in [5.41, 5.74) is 1.61. The van der Waals surface area contributed by atoms with Crippen molar-refractivity contribution in [3.8, 4) is 0 Å². The Hall–Kier alpha value is -1.96. The lowest BCUT2D eigenvalue weighted by molar-refractivity contribution is -0.179. The Morgan fingerprint density at radius 3 is 2.78 bits per heavy atom. The van der Waals surface area contributed by atoms with Crippen molar-refractivity contribution in [1.29, 1.82) is 0 Å². The molecule has 3 unspecified atom stereocenters. The van der Waals surface area contributed by atoms with Gasteiger partial charge < -0.3 is 5.32 Å². The molecule has 3 atom stereocenters. The van der Waals surface area contributed by atoms with Gasteiger partial charge in [0, 0.05) is 27.7 Å². The van der Waals surface area contributed by atoms with E-state index in [-0.39, 0.29) is 6.42 Å². The molecule has 0 fully saturated rings. The lowest BCUT2D eigenvalue weighted by atomic mass is 9.60. The Kier molecular flexibility index (Phi) is 4.29. The maximum atomic E-state index is 13.3. The highest BCUT2D eigenvalue weighted by molar-refractivity contribution is 9.10. The number of nitrogens with zero attached hydrogens (tertiary/aromatic N) is 2. The predicted octanol–water partition coefficient (Wildman–Crippen LogP) is 5.17. The van der Waals surface area contributed by atoms with Crippen LogP contribution in [0.4, 0.5) is 13.2 Å². The van der Waals surface area contributed by atoms with Gasteiger partial charge in [-0.25, -0.2) is 0 Å². The second-order valence-electron chi connectivity index (χ2n) is 7.06. The molecule has 4 nitrogen and oxygen atoms in total. The second kappa shape index (κ2) is 6.29. The summed E-state index contributed by atoms with van der Waals surface area (Å²) < 4.78 is 40.8. The highest BCUT2D eigenvalue weighted by Crippen LogP contribution is 2.53. The SMILES string of the molecule is CCC1(c2cccc(Br)c2)C2=CN=NC2NC2=C1C(=O)CC(C(F)(F)F)C2. The zero-order valence-electron chi connectivity index (χ0n) is 14.5. The summed E-state index contributed by atoms with van der Waals surface area (Å²) in [4.78, 5) is 13.0. The summed E-state index contributed by atoms with van der Waals surface area (Å²) in [5.74, 6) is -2.13. The lowest BCUT2D eigenvalue weighted by Crippen LogP contribution is -2.51. The van der Waals surface area contributed by atoms with Crippen LogP contribution in [-0.4, -0.2) is 18.1 Å². The van der Waals surface area contributed by atoms with Gasteiger partial charge in [-0.15, -0.1) is 0 Å². The number of nitrogens with one attached hydrogen (secondary N) is 1. The average Bonchev–Trinajstić information content (AvgIpc) is 3.07. The summed E-state index contributed by atoms with van der Waals surface area (Å²) in [5, 5.41) is 11.2. The number of carbonyl (C=O) groups is 1. The van der Waals surface area contributed by atoms with Crippen molar-refractivity contribution in [2.45, 2.75) is 43.9 Å². The molecule has 0 amide bonds. The van der Waals surface area contributed by atoms with Gasteiger partial charge in [0.2, 0.25) is 0 Å². The van der Waals surface area contributed by atoms with Crippen LogP contribution in [0.1, 0.15) is 31.7 Å². The number of azo groups is 1. The zero-order valence-corrected chi connectivity index (χ0v) is 16.1. The van der Waals surface area contributed by atoms with E-state index in [2.05, 4.69) is 31.5 Å². The van der Waals surface area contributed by atoms with Crippen LogP contribution in [0.25, 0.3) is 0 Å².